The van der Waals surface area contributed by atoms with Crippen molar-refractivity contribution in [3.05, 3.63) is 68.7 Å². The largest absolute Gasteiger partial charge is 0.444 e. The molecule has 2 aliphatic heterocycles. The zero-order valence-electron chi connectivity index (χ0n) is 20.7. The number of fused-ring (bicyclic) bond motifs is 5. The molecular weight excluding hydrogens is 466 g/mol. The molecule has 184 valence electrons. The van der Waals surface area contributed by atoms with Crippen molar-refractivity contribution in [3.63, 3.8) is 0 Å². The van der Waals surface area contributed by atoms with Crippen LogP contribution in [0.25, 0.3) is 16.6 Å². The Hall–Kier alpha value is -2.90. The average Bonchev–Trinajstić information content (AvgIpc) is 2.99. The molecule has 3 aromatic rings. The van der Waals surface area contributed by atoms with Crippen molar-refractivity contribution >= 4 is 28.6 Å². The van der Waals surface area contributed by atoms with Crippen molar-refractivity contribution in [2.24, 2.45) is 0 Å². The lowest BCUT2D eigenvalue weighted by Crippen LogP contribution is -2.46. The molecule has 35 heavy (non-hydrogen) atoms. The van der Waals surface area contributed by atoms with Crippen LogP contribution in [0.2, 0.25) is 5.02 Å². The van der Waals surface area contributed by atoms with E-state index in [9.17, 15) is 14.7 Å². The first-order chi connectivity index (χ1) is 16.3. The molecule has 0 atom stereocenters. The summed E-state index contributed by atoms with van der Waals surface area (Å²) in [5.41, 5.74) is 0.894. The molecule has 0 unspecified atom stereocenters. The first kappa shape index (κ1) is 23.8. The van der Waals surface area contributed by atoms with Gasteiger partial charge in [-0.05, 0) is 76.8 Å². The second kappa shape index (κ2) is 7.80. The minimum atomic E-state index is -1.08. The summed E-state index contributed by atoms with van der Waals surface area (Å²) < 4.78 is 7.48. The summed E-state index contributed by atoms with van der Waals surface area (Å²) in [4.78, 5) is 31.4. The summed E-state index contributed by atoms with van der Waals surface area (Å²) in [6.07, 6.45) is 0.439. The smallest absolute Gasteiger partial charge is 0.410 e. The summed E-state index contributed by atoms with van der Waals surface area (Å²) in [5.74, 6) is 0.649. The van der Waals surface area contributed by atoms with Gasteiger partial charge >= 0.3 is 6.09 Å². The van der Waals surface area contributed by atoms with Crippen LogP contribution in [0.5, 0.6) is 0 Å². The van der Waals surface area contributed by atoms with E-state index < -0.39 is 16.6 Å². The van der Waals surface area contributed by atoms with Crippen LogP contribution in [0.4, 0.5) is 4.79 Å². The van der Waals surface area contributed by atoms with E-state index in [2.05, 4.69) is 4.98 Å². The minimum Gasteiger partial charge on any atom is -0.444 e. The maximum Gasteiger partial charge on any atom is 0.410 e. The van der Waals surface area contributed by atoms with Crippen LogP contribution in [0, 0.1) is 0 Å². The molecule has 8 heteroatoms. The lowest BCUT2D eigenvalue weighted by molar-refractivity contribution is -0.0356. The maximum absolute atomic E-state index is 12.8. The van der Waals surface area contributed by atoms with Gasteiger partial charge in [-0.25, -0.2) is 4.79 Å². The first-order valence-electron chi connectivity index (χ1n) is 11.9. The number of halogens is 1. The van der Waals surface area contributed by atoms with Gasteiger partial charge in [0, 0.05) is 13.1 Å². The molecule has 1 saturated heterocycles. The Kier molecular flexibility index (Phi) is 5.31. The van der Waals surface area contributed by atoms with Gasteiger partial charge in [-0.2, -0.15) is 4.98 Å². The number of ether oxygens (including phenoxy) is 1. The Morgan fingerprint density at radius 2 is 1.83 bits per heavy atom. The van der Waals surface area contributed by atoms with E-state index >= 15 is 0 Å². The number of hydrogen-bond donors (Lipinski definition) is 1. The Balaban J connectivity index is 1.54. The molecule has 1 aromatic heterocycles. The maximum atomic E-state index is 12.8. The van der Waals surface area contributed by atoms with Crippen molar-refractivity contribution in [2.45, 2.75) is 64.1 Å². The third kappa shape index (κ3) is 3.81. The number of amides is 1. The Bertz CT molecular complexity index is 1410. The van der Waals surface area contributed by atoms with Gasteiger partial charge in [-0.3, -0.25) is 9.36 Å². The number of piperidine rings is 1. The lowest BCUT2D eigenvalue weighted by Gasteiger charge is -2.39. The molecule has 2 aliphatic rings. The van der Waals surface area contributed by atoms with Crippen LogP contribution in [0.3, 0.4) is 0 Å². The fourth-order valence-corrected chi connectivity index (χ4v) is 5.47. The van der Waals surface area contributed by atoms with Gasteiger partial charge in [0.15, 0.2) is 0 Å². The van der Waals surface area contributed by atoms with Crippen LogP contribution in [0.1, 0.15) is 64.4 Å². The van der Waals surface area contributed by atoms with Gasteiger partial charge in [0.2, 0.25) is 0 Å². The normalized spacial score (nSPS) is 18.3. The number of aromatic nitrogens is 2. The third-order valence-electron chi connectivity index (χ3n) is 7.12. The van der Waals surface area contributed by atoms with Crippen molar-refractivity contribution in [1.29, 1.82) is 0 Å². The van der Waals surface area contributed by atoms with Crippen LogP contribution >= 0.6 is 11.6 Å². The number of likely N-dealkylation sites (tertiary alicyclic amines) is 1. The summed E-state index contributed by atoms with van der Waals surface area (Å²) >= 11 is 6.38. The van der Waals surface area contributed by atoms with Gasteiger partial charge in [0.1, 0.15) is 11.4 Å². The Labute approximate surface area is 209 Å². The summed E-state index contributed by atoms with van der Waals surface area (Å²) in [6.45, 7) is 10.4. The molecule has 1 N–H and O–H groups in total. The fraction of sp³-hybridized carbons (Fsp3) is 0.444. The molecule has 0 radical (unpaired) electrons. The highest BCUT2D eigenvalue weighted by molar-refractivity contribution is 6.35. The number of rotatable bonds is 1. The Morgan fingerprint density at radius 3 is 2.49 bits per heavy atom. The lowest BCUT2D eigenvalue weighted by atomic mass is 9.81. The highest BCUT2D eigenvalue weighted by Crippen LogP contribution is 2.45. The zero-order chi connectivity index (χ0) is 25.3. The number of aliphatic hydroxyl groups is 1. The molecule has 0 aliphatic carbocycles. The molecule has 3 heterocycles. The second-order valence-corrected chi connectivity index (χ2v) is 11.5. The van der Waals surface area contributed by atoms with Gasteiger partial charge in [0.25, 0.3) is 5.56 Å². The monoisotopic (exact) mass is 495 g/mol. The second-order valence-electron chi connectivity index (χ2n) is 11.1. The molecule has 0 spiro atoms. The predicted molar refractivity (Wildman–Crippen MR) is 135 cm³/mol. The Morgan fingerprint density at radius 1 is 1.14 bits per heavy atom. The summed E-state index contributed by atoms with van der Waals surface area (Å²) in [6, 6.07) is 11.3. The van der Waals surface area contributed by atoms with Crippen LogP contribution in [0.15, 0.2) is 41.2 Å². The quantitative estimate of drug-likeness (QED) is 0.519. The van der Waals surface area contributed by atoms with Gasteiger partial charge < -0.3 is 14.7 Å². The molecule has 0 saturated carbocycles. The van der Waals surface area contributed by atoms with Crippen LogP contribution in [-0.2, 0) is 15.8 Å². The van der Waals surface area contributed by atoms with Crippen molar-refractivity contribution < 1.29 is 14.6 Å². The van der Waals surface area contributed by atoms with E-state index in [0.29, 0.717) is 47.7 Å². The van der Waals surface area contributed by atoms with Gasteiger partial charge in [-0.1, -0.05) is 29.8 Å². The summed E-state index contributed by atoms with van der Waals surface area (Å²) in [7, 11) is 0. The number of benzene rings is 2. The zero-order valence-corrected chi connectivity index (χ0v) is 21.4. The fourth-order valence-electron chi connectivity index (χ4n) is 5.22. The van der Waals surface area contributed by atoms with E-state index in [1.165, 1.54) is 0 Å². The minimum absolute atomic E-state index is 0.342. The number of carbonyl (C=O) groups is 1. The first-order valence-corrected chi connectivity index (χ1v) is 12.3. The topological polar surface area (TPSA) is 84.7 Å². The predicted octanol–water partition coefficient (Wildman–Crippen LogP) is 4.90. The van der Waals surface area contributed by atoms with E-state index in [-0.39, 0.29) is 11.7 Å². The van der Waals surface area contributed by atoms with E-state index in [0.717, 1.165) is 16.8 Å². The SMILES string of the molecule is CC(C)(C)OC(=O)N1CCC(O)(c2ccc3c(c2)-n2c(nc(=O)c4c(Cl)cccc42)C3(C)C)CC1. The molecule has 1 fully saturated rings. The number of hydrogen-bond acceptors (Lipinski definition) is 5. The third-order valence-corrected chi connectivity index (χ3v) is 7.43. The van der Waals surface area contributed by atoms with E-state index in [4.69, 9.17) is 16.3 Å². The highest BCUT2D eigenvalue weighted by atomic mass is 35.5. The molecule has 1 amide bonds. The summed E-state index contributed by atoms with van der Waals surface area (Å²) in [5, 5.41) is 12.4. The number of carbonyl (C=O) groups excluding carboxylic acids is 1. The van der Waals surface area contributed by atoms with Crippen molar-refractivity contribution in [2.75, 3.05) is 13.1 Å². The van der Waals surface area contributed by atoms with Gasteiger partial charge in [-0.15, -0.1) is 0 Å². The van der Waals surface area contributed by atoms with Crippen molar-refractivity contribution in [3.8, 4) is 5.69 Å². The molecule has 2 aromatic carbocycles. The number of nitrogens with zero attached hydrogens (tertiary/aromatic N) is 3. The van der Waals surface area contributed by atoms with E-state index in [1.807, 2.05) is 69.5 Å². The molecule has 5 rings (SSSR count). The van der Waals surface area contributed by atoms with Gasteiger partial charge in [0.05, 0.1) is 32.6 Å². The standard InChI is InChI=1S/C27H30ClN3O4/c1-25(2,3)35-24(33)30-13-11-27(34,12-14-30)16-9-10-17-20(15-16)31-19-8-6-7-18(28)21(19)22(32)29-23(31)26(17,4)5/h6-10,15,34H,11-14H2,1-5H3. The van der Waals surface area contributed by atoms with Crippen LogP contribution in [-0.4, -0.2) is 44.3 Å². The molecular formula is C27H30ClN3O4. The molecule has 7 nitrogen and oxygen atoms in total. The highest BCUT2D eigenvalue weighted by Gasteiger charge is 2.41. The molecule has 0 bridgehead atoms. The van der Waals surface area contributed by atoms with Crippen molar-refractivity contribution in [1.82, 2.24) is 14.5 Å². The van der Waals surface area contributed by atoms with E-state index in [1.54, 1.807) is 11.0 Å². The van der Waals surface area contributed by atoms with Crippen LogP contribution < -0.4 is 5.56 Å². The average molecular weight is 496 g/mol.